The molecule has 192 valence electrons. The van der Waals surface area contributed by atoms with Crippen molar-refractivity contribution < 1.29 is 23.4 Å². The first-order chi connectivity index (χ1) is 17.5. The second kappa shape index (κ2) is 10.7. The Labute approximate surface area is 226 Å². The molecular formula is C27H22Cl2F2N2O3S. The summed E-state index contributed by atoms with van der Waals surface area (Å²) in [6.45, 7) is 4.01. The molecule has 0 fully saturated rings. The number of rotatable bonds is 8. The van der Waals surface area contributed by atoms with Gasteiger partial charge >= 0.3 is 5.97 Å². The number of ether oxygens (including phenoxy) is 1. The van der Waals surface area contributed by atoms with Gasteiger partial charge in [-0.3, -0.25) is 0 Å². The molecule has 0 aliphatic carbocycles. The third kappa shape index (κ3) is 5.61. The van der Waals surface area contributed by atoms with E-state index in [0.29, 0.717) is 27.2 Å². The minimum Gasteiger partial charge on any atom is -0.495 e. The number of aromatic carboxylic acids is 1. The van der Waals surface area contributed by atoms with Crippen molar-refractivity contribution in [1.82, 2.24) is 9.97 Å². The molecule has 0 amide bonds. The smallest absolute Gasteiger partial charge is 0.335 e. The minimum absolute atomic E-state index is 0.0176. The van der Waals surface area contributed by atoms with Gasteiger partial charge in [0.1, 0.15) is 17.4 Å². The van der Waals surface area contributed by atoms with E-state index >= 15 is 0 Å². The first-order valence-corrected chi connectivity index (χ1v) is 12.8. The van der Waals surface area contributed by atoms with Gasteiger partial charge in [-0.1, -0.05) is 54.9 Å². The lowest BCUT2D eigenvalue weighted by molar-refractivity contribution is 0.0696. The first-order valence-electron chi connectivity index (χ1n) is 11.1. The number of aromatic amines is 1. The Hall–Kier alpha value is -3.07. The molecule has 0 radical (unpaired) electrons. The predicted octanol–water partition coefficient (Wildman–Crippen LogP) is 7.99. The van der Waals surface area contributed by atoms with Crippen LogP contribution in [0.5, 0.6) is 5.75 Å². The van der Waals surface area contributed by atoms with Crippen LogP contribution in [0.2, 0.25) is 10.0 Å². The molecule has 0 unspecified atom stereocenters. The van der Waals surface area contributed by atoms with Crippen molar-refractivity contribution in [2.24, 2.45) is 0 Å². The van der Waals surface area contributed by atoms with Gasteiger partial charge in [0.25, 0.3) is 0 Å². The molecule has 5 nitrogen and oxygen atoms in total. The second-order valence-corrected chi connectivity index (χ2v) is 10.5. The SMILES string of the molecule is COc1cc(C(C)(C)c2[nH]c(SCc3c(F)cc(C(=O)O)cc3Cl)nc2-c2ccc(F)cc2)ccc1Cl. The minimum atomic E-state index is -1.26. The Balaban J connectivity index is 1.75. The summed E-state index contributed by atoms with van der Waals surface area (Å²) >= 11 is 13.6. The molecule has 0 aliphatic heterocycles. The van der Waals surface area contributed by atoms with E-state index in [4.69, 9.17) is 38.0 Å². The van der Waals surface area contributed by atoms with E-state index in [2.05, 4.69) is 4.98 Å². The molecule has 0 saturated carbocycles. The van der Waals surface area contributed by atoms with Gasteiger partial charge in [-0.25, -0.2) is 18.6 Å². The first kappa shape index (κ1) is 27.0. The number of hydrogen-bond donors (Lipinski definition) is 2. The van der Waals surface area contributed by atoms with Crippen LogP contribution >= 0.6 is 35.0 Å². The van der Waals surface area contributed by atoms with Gasteiger partial charge in [-0.15, -0.1) is 0 Å². The van der Waals surface area contributed by atoms with Crippen LogP contribution in [0.1, 0.15) is 41.0 Å². The Morgan fingerprint density at radius 3 is 2.41 bits per heavy atom. The van der Waals surface area contributed by atoms with Crippen LogP contribution in [0, 0.1) is 11.6 Å². The van der Waals surface area contributed by atoms with Crippen LogP contribution in [-0.4, -0.2) is 28.2 Å². The largest absolute Gasteiger partial charge is 0.495 e. The Morgan fingerprint density at radius 1 is 1.08 bits per heavy atom. The number of methoxy groups -OCH3 is 1. The molecule has 4 rings (SSSR count). The van der Waals surface area contributed by atoms with Gasteiger partial charge in [0.15, 0.2) is 5.16 Å². The van der Waals surface area contributed by atoms with E-state index in [0.717, 1.165) is 17.3 Å². The molecule has 4 aromatic rings. The highest BCUT2D eigenvalue weighted by Crippen LogP contribution is 2.41. The Bertz CT molecular complexity index is 1450. The third-order valence-electron chi connectivity index (χ3n) is 6.04. The molecule has 0 bridgehead atoms. The topological polar surface area (TPSA) is 75.2 Å². The van der Waals surface area contributed by atoms with Gasteiger partial charge in [0, 0.05) is 27.3 Å². The number of halogens is 4. The van der Waals surface area contributed by atoms with E-state index < -0.39 is 17.2 Å². The standard InChI is InChI=1S/C27H22Cl2F2N2O3S/c1-27(2,16-6-9-19(28)22(12-16)36-3)24-23(14-4-7-17(30)8-5-14)32-26(33-24)37-13-18-20(29)10-15(25(34)35)11-21(18)31/h4-12H,13H2,1-3H3,(H,32,33)(H,34,35). The summed E-state index contributed by atoms with van der Waals surface area (Å²) in [4.78, 5) is 19.3. The zero-order valence-electron chi connectivity index (χ0n) is 20.0. The van der Waals surface area contributed by atoms with E-state index in [9.17, 15) is 13.6 Å². The number of carboxylic acids is 1. The fraction of sp³-hybridized carbons (Fsp3) is 0.185. The fourth-order valence-corrected chi connectivity index (χ4v) is 5.34. The van der Waals surface area contributed by atoms with Crippen molar-refractivity contribution in [3.05, 3.63) is 98.7 Å². The van der Waals surface area contributed by atoms with Gasteiger partial charge in [-0.05, 0) is 54.1 Å². The Kier molecular flexibility index (Phi) is 7.83. The van der Waals surface area contributed by atoms with Gasteiger partial charge in [-0.2, -0.15) is 0 Å². The van der Waals surface area contributed by atoms with Crippen LogP contribution in [0.25, 0.3) is 11.3 Å². The van der Waals surface area contributed by atoms with Crippen LogP contribution < -0.4 is 4.74 Å². The highest BCUT2D eigenvalue weighted by atomic mass is 35.5. The number of carboxylic acid groups (broad SMARTS) is 1. The van der Waals surface area contributed by atoms with Gasteiger partial charge < -0.3 is 14.8 Å². The van der Waals surface area contributed by atoms with E-state index in [1.54, 1.807) is 25.3 Å². The highest BCUT2D eigenvalue weighted by Gasteiger charge is 2.31. The number of carbonyl (C=O) groups is 1. The van der Waals surface area contributed by atoms with E-state index in [1.807, 2.05) is 26.0 Å². The lowest BCUT2D eigenvalue weighted by Crippen LogP contribution is -2.20. The zero-order chi connectivity index (χ0) is 26.9. The number of imidazole rings is 1. The van der Waals surface area contributed by atoms with Crippen LogP contribution in [0.3, 0.4) is 0 Å². The zero-order valence-corrected chi connectivity index (χ0v) is 22.4. The number of nitrogens with one attached hydrogen (secondary N) is 1. The molecule has 37 heavy (non-hydrogen) atoms. The number of thioether (sulfide) groups is 1. The lowest BCUT2D eigenvalue weighted by atomic mass is 9.79. The quantitative estimate of drug-likeness (QED) is 0.213. The highest BCUT2D eigenvalue weighted by molar-refractivity contribution is 7.98. The van der Waals surface area contributed by atoms with Crippen molar-refractivity contribution in [2.45, 2.75) is 30.2 Å². The molecule has 0 saturated heterocycles. The molecular weight excluding hydrogens is 541 g/mol. The molecule has 0 aliphatic rings. The number of nitrogens with zero attached hydrogens (tertiary/aromatic N) is 1. The van der Waals surface area contributed by atoms with Crippen molar-refractivity contribution in [3.8, 4) is 17.0 Å². The normalized spacial score (nSPS) is 11.5. The lowest BCUT2D eigenvalue weighted by Gasteiger charge is -2.26. The van der Waals surface area contributed by atoms with Crippen molar-refractivity contribution >= 4 is 40.9 Å². The average molecular weight is 563 g/mol. The third-order valence-corrected chi connectivity index (χ3v) is 7.59. The molecule has 10 heteroatoms. The molecule has 3 aromatic carbocycles. The molecule has 2 N–H and O–H groups in total. The van der Waals surface area contributed by atoms with E-state index in [-0.39, 0.29) is 27.7 Å². The summed E-state index contributed by atoms with van der Waals surface area (Å²) in [5, 5.41) is 10.1. The van der Waals surface area contributed by atoms with Gasteiger partial charge in [0.05, 0.1) is 29.1 Å². The number of aromatic nitrogens is 2. The maximum Gasteiger partial charge on any atom is 0.335 e. The fourth-order valence-electron chi connectivity index (χ4n) is 3.89. The Morgan fingerprint density at radius 2 is 1.78 bits per heavy atom. The predicted molar refractivity (Wildman–Crippen MR) is 142 cm³/mol. The van der Waals surface area contributed by atoms with Crippen molar-refractivity contribution in [3.63, 3.8) is 0 Å². The summed E-state index contributed by atoms with van der Waals surface area (Å²) in [6, 6.07) is 13.7. The van der Waals surface area contributed by atoms with Crippen LogP contribution in [0.4, 0.5) is 8.78 Å². The van der Waals surface area contributed by atoms with Crippen molar-refractivity contribution in [1.29, 1.82) is 0 Å². The number of benzene rings is 3. The molecule has 0 spiro atoms. The summed E-state index contributed by atoms with van der Waals surface area (Å²) < 4.78 is 33.7. The summed E-state index contributed by atoms with van der Waals surface area (Å²) in [5.41, 5.74) is 2.28. The summed E-state index contributed by atoms with van der Waals surface area (Å²) in [7, 11) is 1.54. The second-order valence-electron chi connectivity index (χ2n) is 8.76. The average Bonchev–Trinajstić information content (AvgIpc) is 3.29. The van der Waals surface area contributed by atoms with Crippen LogP contribution in [-0.2, 0) is 11.2 Å². The monoisotopic (exact) mass is 562 g/mol. The number of hydrogen-bond acceptors (Lipinski definition) is 4. The molecule has 1 aromatic heterocycles. The van der Waals surface area contributed by atoms with Gasteiger partial charge in [0.2, 0.25) is 0 Å². The maximum atomic E-state index is 14.6. The van der Waals surface area contributed by atoms with Crippen molar-refractivity contribution in [2.75, 3.05) is 7.11 Å². The van der Waals surface area contributed by atoms with E-state index in [1.165, 1.54) is 30.0 Å². The number of H-pyrrole nitrogens is 1. The molecule has 1 heterocycles. The summed E-state index contributed by atoms with van der Waals surface area (Å²) in [6.07, 6.45) is 0. The van der Waals surface area contributed by atoms with Crippen LogP contribution in [0.15, 0.2) is 59.8 Å². The molecule has 0 atom stereocenters. The maximum absolute atomic E-state index is 14.6. The summed E-state index contributed by atoms with van der Waals surface area (Å²) in [5.74, 6) is -1.71.